The van der Waals surface area contributed by atoms with Gasteiger partial charge in [-0.3, -0.25) is 14.6 Å². The van der Waals surface area contributed by atoms with Crippen molar-refractivity contribution in [2.75, 3.05) is 32.8 Å². The molecule has 0 saturated carbocycles. The summed E-state index contributed by atoms with van der Waals surface area (Å²) in [6.07, 6.45) is 0.0636. The van der Waals surface area contributed by atoms with E-state index in [1.165, 1.54) is 4.90 Å². The fourth-order valence-corrected chi connectivity index (χ4v) is 4.64. The molecule has 1 unspecified atom stereocenters. The van der Waals surface area contributed by atoms with Crippen LogP contribution >= 0.6 is 0 Å². The molecule has 0 radical (unpaired) electrons. The molecule has 3 heterocycles. The quantitative estimate of drug-likeness (QED) is 0.628. The SMILES string of the molecule is O=C(C1COc2ccccc2O1)N1CCN(S(=O)(=O)c2c[nH]c(=O)[nH]c2=O)CC1. The van der Waals surface area contributed by atoms with E-state index in [9.17, 15) is 22.8 Å². The lowest BCUT2D eigenvalue weighted by Crippen LogP contribution is -2.55. The van der Waals surface area contributed by atoms with E-state index in [1.807, 2.05) is 4.98 Å². The van der Waals surface area contributed by atoms with E-state index in [0.717, 1.165) is 10.5 Å². The van der Waals surface area contributed by atoms with E-state index >= 15 is 0 Å². The van der Waals surface area contributed by atoms with E-state index < -0.39 is 32.3 Å². The minimum atomic E-state index is -4.10. The fourth-order valence-electron chi connectivity index (χ4n) is 3.22. The molecule has 12 heteroatoms. The summed E-state index contributed by atoms with van der Waals surface area (Å²) < 4.78 is 37.7. The van der Waals surface area contributed by atoms with Gasteiger partial charge in [0.15, 0.2) is 16.4 Å². The highest BCUT2D eigenvalue weighted by Crippen LogP contribution is 2.31. The van der Waals surface area contributed by atoms with Crippen LogP contribution in [0.2, 0.25) is 0 Å². The first-order valence-electron chi connectivity index (χ1n) is 8.86. The zero-order chi connectivity index (χ0) is 20.6. The van der Waals surface area contributed by atoms with Crippen molar-refractivity contribution in [3.63, 3.8) is 0 Å². The summed E-state index contributed by atoms with van der Waals surface area (Å²) in [5, 5.41) is 0. The summed E-state index contributed by atoms with van der Waals surface area (Å²) in [5.41, 5.74) is -1.78. The summed E-state index contributed by atoms with van der Waals surface area (Å²) in [6.45, 7) is 0.371. The van der Waals surface area contributed by atoms with Gasteiger partial charge in [0.2, 0.25) is 16.1 Å². The summed E-state index contributed by atoms with van der Waals surface area (Å²) in [4.78, 5) is 40.7. The summed E-state index contributed by atoms with van der Waals surface area (Å²) in [6, 6.07) is 7.04. The number of amides is 1. The predicted molar refractivity (Wildman–Crippen MR) is 99.4 cm³/mol. The van der Waals surface area contributed by atoms with Crippen molar-refractivity contribution >= 4 is 15.9 Å². The van der Waals surface area contributed by atoms with E-state index in [4.69, 9.17) is 9.47 Å². The molecule has 154 valence electrons. The Kier molecular flexibility index (Phi) is 4.88. The van der Waals surface area contributed by atoms with Gasteiger partial charge >= 0.3 is 5.69 Å². The summed E-state index contributed by atoms with van der Waals surface area (Å²) in [5.74, 6) is 0.757. The van der Waals surface area contributed by atoms with Gasteiger partial charge in [-0.25, -0.2) is 13.2 Å². The highest BCUT2D eigenvalue weighted by Gasteiger charge is 2.36. The van der Waals surface area contributed by atoms with E-state index in [2.05, 4.69) is 4.98 Å². The number of sulfonamides is 1. The topological polar surface area (TPSA) is 142 Å². The number of piperazine rings is 1. The molecular formula is C17H18N4O7S. The maximum Gasteiger partial charge on any atom is 0.325 e. The van der Waals surface area contributed by atoms with Gasteiger partial charge in [0.25, 0.3) is 11.5 Å². The fraction of sp³-hybridized carbons (Fsp3) is 0.353. The van der Waals surface area contributed by atoms with Crippen LogP contribution in [0, 0.1) is 0 Å². The van der Waals surface area contributed by atoms with Crippen molar-refractivity contribution in [1.29, 1.82) is 0 Å². The zero-order valence-electron chi connectivity index (χ0n) is 15.2. The first-order valence-corrected chi connectivity index (χ1v) is 10.3. The van der Waals surface area contributed by atoms with Gasteiger partial charge in [-0.15, -0.1) is 0 Å². The lowest BCUT2D eigenvalue weighted by molar-refractivity contribution is -0.142. The third-order valence-corrected chi connectivity index (χ3v) is 6.64. The number of nitrogens with one attached hydrogen (secondary N) is 2. The number of carbonyl (C=O) groups is 1. The Hall–Kier alpha value is -3.12. The van der Waals surface area contributed by atoms with Crippen molar-refractivity contribution in [2.24, 2.45) is 0 Å². The molecule has 2 aromatic rings. The second-order valence-electron chi connectivity index (χ2n) is 6.53. The molecule has 2 aliphatic rings. The predicted octanol–water partition coefficient (Wildman–Crippen LogP) is -1.26. The van der Waals surface area contributed by atoms with Gasteiger partial charge in [-0.1, -0.05) is 12.1 Å². The molecule has 0 bridgehead atoms. The number of nitrogens with zero attached hydrogens (tertiary/aromatic N) is 2. The van der Waals surface area contributed by atoms with Gasteiger partial charge in [0, 0.05) is 32.4 Å². The minimum absolute atomic E-state index is 0.0107. The highest BCUT2D eigenvalue weighted by molar-refractivity contribution is 7.89. The molecule has 2 aliphatic heterocycles. The Morgan fingerprint density at radius 2 is 1.76 bits per heavy atom. The average Bonchev–Trinajstić information content (AvgIpc) is 2.72. The maximum absolute atomic E-state index is 12.7. The number of H-pyrrole nitrogens is 2. The number of rotatable bonds is 3. The Morgan fingerprint density at radius 1 is 1.07 bits per heavy atom. The number of carbonyl (C=O) groups excluding carboxylic acids is 1. The third-order valence-electron chi connectivity index (χ3n) is 4.74. The van der Waals surface area contributed by atoms with E-state index in [-0.39, 0.29) is 38.7 Å². The van der Waals surface area contributed by atoms with Crippen LogP contribution in [0.15, 0.2) is 44.9 Å². The van der Waals surface area contributed by atoms with Gasteiger partial charge in [-0.05, 0) is 12.1 Å². The standard InChI is InChI=1S/C17H18N4O7S/c22-15-14(9-18-17(24)19-15)29(25,26)21-7-5-20(6-8-21)16(23)13-10-27-11-3-1-2-4-12(11)28-13/h1-4,9,13H,5-8,10H2,(H2,18,19,22,24). The molecule has 2 N–H and O–H groups in total. The highest BCUT2D eigenvalue weighted by atomic mass is 32.2. The molecule has 1 saturated heterocycles. The van der Waals surface area contributed by atoms with Crippen LogP contribution in [0.1, 0.15) is 0 Å². The van der Waals surface area contributed by atoms with Crippen molar-refractivity contribution in [2.45, 2.75) is 11.0 Å². The molecule has 29 heavy (non-hydrogen) atoms. The van der Waals surface area contributed by atoms with Gasteiger partial charge < -0.3 is 19.4 Å². The number of hydrogen-bond donors (Lipinski definition) is 2. The molecular weight excluding hydrogens is 404 g/mol. The maximum atomic E-state index is 12.7. The van der Waals surface area contributed by atoms with Gasteiger partial charge in [-0.2, -0.15) is 4.31 Å². The zero-order valence-corrected chi connectivity index (χ0v) is 16.0. The Labute approximate surface area is 164 Å². The van der Waals surface area contributed by atoms with Crippen molar-refractivity contribution in [3.8, 4) is 11.5 Å². The monoisotopic (exact) mass is 422 g/mol. The molecule has 1 aromatic heterocycles. The molecule has 11 nitrogen and oxygen atoms in total. The lowest BCUT2D eigenvalue weighted by atomic mass is 10.2. The second-order valence-corrected chi connectivity index (χ2v) is 8.44. The molecule has 1 amide bonds. The van der Waals surface area contributed by atoms with Crippen molar-refractivity contribution in [3.05, 3.63) is 51.3 Å². The number of benzene rings is 1. The Balaban J connectivity index is 1.42. The van der Waals surface area contributed by atoms with Crippen molar-refractivity contribution in [1.82, 2.24) is 19.2 Å². The van der Waals surface area contributed by atoms with Crippen LogP contribution in [0.4, 0.5) is 0 Å². The number of para-hydroxylation sites is 2. The normalized spacial score (nSPS) is 19.7. The molecule has 0 aliphatic carbocycles. The number of hydrogen-bond acceptors (Lipinski definition) is 7. The van der Waals surface area contributed by atoms with Gasteiger partial charge in [0.05, 0.1) is 0 Å². The molecule has 4 rings (SSSR count). The lowest BCUT2D eigenvalue weighted by Gasteiger charge is -2.36. The van der Waals surface area contributed by atoms with Crippen LogP contribution in [-0.4, -0.2) is 72.4 Å². The van der Waals surface area contributed by atoms with Crippen LogP contribution in [0.5, 0.6) is 11.5 Å². The van der Waals surface area contributed by atoms with E-state index in [1.54, 1.807) is 24.3 Å². The molecule has 1 aromatic carbocycles. The smallest absolute Gasteiger partial charge is 0.325 e. The van der Waals surface area contributed by atoms with Crippen LogP contribution in [0.25, 0.3) is 0 Å². The van der Waals surface area contributed by atoms with Crippen LogP contribution in [-0.2, 0) is 14.8 Å². The van der Waals surface area contributed by atoms with Crippen molar-refractivity contribution < 1.29 is 22.7 Å². The Bertz CT molecular complexity index is 1150. The first kappa shape index (κ1) is 19.2. The molecule has 0 spiro atoms. The third kappa shape index (κ3) is 3.63. The molecule has 1 atom stereocenters. The summed E-state index contributed by atoms with van der Waals surface area (Å²) in [7, 11) is -4.10. The van der Waals surface area contributed by atoms with Crippen LogP contribution < -0.4 is 20.7 Å². The largest absolute Gasteiger partial charge is 0.485 e. The Morgan fingerprint density at radius 3 is 2.45 bits per heavy atom. The number of aromatic nitrogens is 2. The van der Waals surface area contributed by atoms with Gasteiger partial charge in [0.1, 0.15) is 6.61 Å². The second kappa shape index (κ2) is 7.37. The molecule has 1 fully saturated rings. The number of ether oxygens (including phenoxy) is 2. The number of aromatic amines is 2. The average molecular weight is 422 g/mol. The number of fused-ring (bicyclic) bond motifs is 1. The van der Waals surface area contributed by atoms with E-state index in [0.29, 0.717) is 11.5 Å². The summed E-state index contributed by atoms with van der Waals surface area (Å²) >= 11 is 0. The first-order chi connectivity index (χ1) is 13.9. The van der Waals surface area contributed by atoms with Crippen LogP contribution in [0.3, 0.4) is 0 Å². The minimum Gasteiger partial charge on any atom is -0.485 e.